The van der Waals surface area contributed by atoms with Gasteiger partial charge in [0.2, 0.25) is 0 Å². The summed E-state index contributed by atoms with van der Waals surface area (Å²) in [5, 5.41) is 4.11. The molecule has 0 fully saturated rings. The first-order valence-corrected chi connectivity index (χ1v) is 4.90. The van der Waals surface area contributed by atoms with E-state index >= 15 is 0 Å². The van der Waals surface area contributed by atoms with Crippen LogP contribution in [0.25, 0.3) is 0 Å². The van der Waals surface area contributed by atoms with E-state index in [0.717, 1.165) is 16.5 Å². The average molecular weight is 278 g/mol. The first-order chi connectivity index (χ1) is 5.63. The second-order valence-electron chi connectivity index (χ2n) is 3.09. The van der Waals surface area contributed by atoms with E-state index in [0.29, 0.717) is 11.6 Å². The summed E-state index contributed by atoms with van der Waals surface area (Å²) in [5.41, 5.74) is 0.514. The lowest BCUT2D eigenvalue weighted by Gasteiger charge is -2.05. The van der Waals surface area contributed by atoms with E-state index in [1.165, 1.54) is 0 Å². The fourth-order valence-electron chi connectivity index (χ4n) is 0.944. The molecule has 1 heterocycles. The molecule has 3 nitrogen and oxygen atoms in total. The lowest BCUT2D eigenvalue weighted by atomic mass is 10.2. The third-order valence-electron chi connectivity index (χ3n) is 1.41. The number of carbonyl (C=O) groups is 1. The van der Waals surface area contributed by atoms with Gasteiger partial charge in [0, 0.05) is 12.6 Å². The summed E-state index contributed by atoms with van der Waals surface area (Å²) < 4.78 is 2.87. The average Bonchev–Trinajstić information content (AvgIpc) is 2.31. The number of hydrogen-bond donors (Lipinski definition) is 0. The molecule has 0 atom stereocenters. The quantitative estimate of drug-likeness (QED) is 0.625. The van der Waals surface area contributed by atoms with Crippen LogP contribution in [-0.4, -0.2) is 16.1 Å². The van der Waals surface area contributed by atoms with Crippen LogP contribution in [0, 0.1) is 9.62 Å². The number of nitrogens with zero attached hydrogens (tertiary/aromatic N) is 2. The van der Waals surface area contributed by atoms with E-state index in [1.807, 2.05) is 4.68 Å². The molecular weight excluding hydrogens is 267 g/mol. The summed E-state index contributed by atoms with van der Waals surface area (Å²) in [6.07, 6.45) is 0.777. The summed E-state index contributed by atoms with van der Waals surface area (Å²) in [6.45, 7) is 5.11. The van der Waals surface area contributed by atoms with Gasteiger partial charge < -0.3 is 0 Å². The lowest BCUT2D eigenvalue weighted by molar-refractivity contribution is 0.111. The van der Waals surface area contributed by atoms with Crippen LogP contribution >= 0.6 is 22.6 Å². The first kappa shape index (κ1) is 9.70. The largest absolute Gasteiger partial charge is 0.296 e. The van der Waals surface area contributed by atoms with Crippen molar-refractivity contribution in [1.29, 1.82) is 0 Å². The fourth-order valence-corrected chi connectivity index (χ4v) is 1.57. The highest BCUT2D eigenvalue weighted by molar-refractivity contribution is 14.1. The van der Waals surface area contributed by atoms with Gasteiger partial charge in [0.15, 0.2) is 6.29 Å². The van der Waals surface area contributed by atoms with Crippen molar-refractivity contribution in [3.8, 4) is 0 Å². The maximum absolute atomic E-state index is 10.4. The molecule has 0 aromatic carbocycles. The van der Waals surface area contributed by atoms with Gasteiger partial charge in [-0.25, -0.2) is 0 Å². The molecular formula is C8H11IN2O. The minimum Gasteiger partial charge on any atom is -0.296 e. The summed E-state index contributed by atoms with van der Waals surface area (Å²) in [4.78, 5) is 10.4. The zero-order valence-corrected chi connectivity index (χ0v) is 9.28. The Morgan fingerprint density at radius 2 is 2.42 bits per heavy atom. The Morgan fingerprint density at radius 1 is 1.75 bits per heavy atom. The Bertz CT molecular complexity index is 281. The minimum absolute atomic E-state index is 0.514. The minimum atomic E-state index is 0.514. The predicted molar refractivity (Wildman–Crippen MR) is 55.2 cm³/mol. The molecule has 1 aromatic rings. The van der Waals surface area contributed by atoms with Crippen LogP contribution in [-0.2, 0) is 6.54 Å². The molecule has 0 N–H and O–H groups in total. The highest BCUT2D eigenvalue weighted by atomic mass is 127. The third kappa shape index (κ3) is 2.30. The van der Waals surface area contributed by atoms with Gasteiger partial charge in [0.25, 0.3) is 0 Å². The molecule has 4 heteroatoms. The standard InChI is InChI=1S/C8H11IN2O/c1-6(2)4-11-8(9)3-7(5-12)10-11/h3,5-6H,4H2,1-2H3. The maximum atomic E-state index is 10.4. The number of aldehydes is 1. The van der Waals surface area contributed by atoms with Crippen LogP contribution in [0.1, 0.15) is 24.3 Å². The van der Waals surface area contributed by atoms with Gasteiger partial charge in [-0.05, 0) is 28.5 Å². The van der Waals surface area contributed by atoms with Gasteiger partial charge in [-0.2, -0.15) is 5.10 Å². The summed E-state index contributed by atoms with van der Waals surface area (Å²) >= 11 is 2.18. The smallest absolute Gasteiger partial charge is 0.170 e. The van der Waals surface area contributed by atoms with E-state index in [-0.39, 0.29) is 0 Å². The first-order valence-electron chi connectivity index (χ1n) is 3.82. The summed E-state index contributed by atoms with van der Waals surface area (Å²) in [6, 6.07) is 1.79. The molecule has 0 aliphatic rings. The van der Waals surface area contributed by atoms with Gasteiger partial charge >= 0.3 is 0 Å². The van der Waals surface area contributed by atoms with Gasteiger partial charge in [0.1, 0.15) is 5.69 Å². The highest BCUT2D eigenvalue weighted by Gasteiger charge is 2.05. The SMILES string of the molecule is CC(C)Cn1nc(C=O)cc1I. The van der Waals surface area contributed by atoms with Crippen molar-refractivity contribution in [3.05, 3.63) is 15.5 Å². The van der Waals surface area contributed by atoms with Crippen LogP contribution in [0.4, 0.5) is 0 Å². The van der Waals surface area contributed by atoms with Crippen LogP contribution in [0.15, 0.2) is 6.07 Å². The molecule has 0 radical (unpaired) electrons. The van der Waals surface area contributed by atoms with Crippen LogP contribution < -0.4 is 0 Å². The van der Waals surface area contributed by atoms with Crippen LogP contribution in [0.5, 0.6) is 0 Å². The normalized spacial score (nSPS) is 10.7. The molecule has 0 aliphatic carbocycles. The van der Waals surface area contributed by atoms with Crippen molar-refractivity contribution >= 4 is 28.9 Å². The zero-order chi connectivity index (χ0) is 9.14. The second kappa shape index (κ2) is 4.02. The highest BCUT2D eigenvalue weighted by Crippen LogP contribution is 2.08. The van der Waals surface area contributed by atoms with E-state index < -0.39 is 0 Å². The molecule has 0 unspecified atom stereocenters. The topological polar surface area (TPSA) is 34.9 Å². The molecule has 1 rings (SSSR count). The van der Waals surface area contributed by atoms with Crippen molar-refractivity contribution < 1.29 is 4.79 Å². The Labute approximate surface area is 85.3 Å². The lowest BCUT2D eigenvalue weighted by Crippen LogP contribution is -2.07. The Hall–Kier alpha value is -0.390. The monoisotopic (exact) mass is 278 g/mol. The Morgan fingerprint density at radius 3 is 2.83 bits per heavy atom. The number of hydrogen-bond acceptors (Lipinski definition) is 2. The molecule has 0 aliphatic heterocycles. The summed E-state index contributed by atoms with van der Waals surface area (Å²) in [7, 11) is 0. The second-order valence-corrected chi connectivity index (χ2v) is 4.19. The zero-order valence-electron chi connectivity index (χ0n) is 7.12. The van der Waals surface area contributed by atoms with E-state index in [2.05, 4.69) is 41.5 Å². The van der Waals surface area contributed by atoms with Gasteiger partial charge in [-0.15, -0.1) is 0 Å². The Kier molecular flexibility index (Phi) is 3.25. The van der Waals surface area contributed by atoms with Crippen molar-refractivity contribution in [2.24, 2.45) is 5.92 Å². The molecule has 66 valence electrons. The van der Waals surface area contributed by atoms with Crippen LogP contribution in [0.3, 0.4) is 0 Å². The third-order valence-corrected chi connectivity index (χ3v) is 2.28. The van der Waals surface area contributed by atoms with Gasteiger partial charge in [-0.3, -0.25) is 9.48 Å². The predicted octanol–water partition coefficient (Wildman–Crippen LogP) is 1.96. The van der Waals surface area contributed by atoms with Crippen molar-refractivity contribution in [1.82, 2.24) is 9.78 Å². The van der Waals surface area contributed by atoms with Gasteiger partial charge in [0.05, 0.1) is 3.70 Å². The van der Waals surface area contributed by atoms with Gasteiger partial charge in [-0.1, -0.05) is 13.8 Å². The molecule has 0 saturated heterocycles. The number of rotatable bonds is 3. The molecule has 1 aromatic heterocycles. The van der Waals surface area contributed by atoms with Crippen molar-refractivity contribution in [3.63, 3.8) is 0 Å². The fraction of sp³-hybridized carbons (Fsp3) is 0.500. The van der Waals surface area contributed by atoms with E-state index in [4.69, 9.17) is 0 Å². The van der Waals surface area contributed by atoms with E-state index in [1.54, 1.807) is 6.07 Å². The molecule has 0 amide bonds. The van der Waals surface area contributed by atoms with Crippen molar-refractivity contribution in [2.75, 3.05) is 0 Å². The number of aromatic nitrogens is 2. The maximum Gasteiger partial charge on any atom is 0.170 e. The molecule has 0 saturated carbocycles. The molecule has 0 bridgehead atoms. The van der Waals surface area contributed by atoms with E-state index in [9.17, 15) is 4.79 Å². The summed E-state index contributed by atoms with van der Waals surface area (Å²) in [5.74, 6) is 0.554. The van der Waals surface area contributed by atoms with Crippen LogP contribution in [0.2, 0.25) is 0 Å². The molecule has 0 spiro atoms. The Balaban J connectivity index is 2.84. The number of carbonyl (C=O) groups excluding carboxylic acids is 1. The number of halogens is 1. The van der Waals surface area contributed by atoms with Crippen molar-refractivity contribution in [2.45, 2.75) is 20.4 Å². The molecule has 12 heavy (non-hydrogen) atoms.